The monoisotopic (exact) mass is 265 g/mol. The van der Waals surface area contributed by atoms with Crippen LogP contribution in [0.4, 0.5) is 0 Å². The van der Waals surface area contributed by atoms with Gasteiger partial charge in [-0.2, -0.15) is 0 Å². The van der Waals surface area contributed by atoms with Gasteiger partial charge in [-0.1, -0.05) is 64.0 Å². The summed E-state index contributed by atoms with van der Waals surface area (Å²) in [5.74, 6) is 0.228. The van der Waals surface area contributed by atoms with E-state index in [0.717, 1.165) is 6.42 Å². The Morgan fingerprint density at radius 1 is 0.895 bits per heavy atom. The summed E-state index contributed by atoms with van der Waals surface area (Å²) in [4.78, 5) is 13.7. The van der Waals surface area contributed by atoms with E-state index in [1.165, 1.54) is 44.9 Å². The van der Waals surface area contributed by atoms with E-state index in [9.17, 15) is 4.79 Å². The van der Waals surface area contributed by atoms with Crippen molar-refractivity contribution in [3.05, 3.63) is 25.3 Å². The second-order valence-corrected chi connectivity index (χ2v) is 5.10. The lowest BCUT2D eigenvalue weighted by Crippen LogP contribution is -2.30. The summed E-state index contributed by atoms with van der Waals surface area (Å²) in [6.45, 7) is 10.9. The number of carbonyl (C=O) groups excluding carboxylic acids is 1. The number of unbranched alkanes of at least 4 members (excludes halogenated alkanes) is 7. The SMILES string of the molecule is C=CCN(CC=C)C(=O)CCCCCCCCCC. The summed E-state index contributed by atoms with van der Waals surface area (Å²) in [5, 5.41) is 0. The van der Waals surface area contributed by atoms with Crippen molar-refractivity contribution >= 4 is 5.91 Å². The summed E-state index contributed by atoms with van der Waals surface area (Å²) < 4.78 is 0. The van der Waals surface area contributed by atoms with E-state index in [2.05, 4.69) is 20.1 Å². The molecule has 0 spiro atoms. The summed E-state index contributed by atoms with van der Waals surface area (Å²) >= 11 is 0. The van der Waals surface area contributed by atoms with Crippen molar-refractivity contribution in [2.75, 3.05) is 13.1 Å². The zero-order valence-electron chi connectivity index (χ0n) is 12.7. The van der Waals surface area contributed by atoms with Crippen LogP contribution >= 0.6 is 0 Å². The van der Waals surface area contributed by atoms with Crippen molar-refractivity contribution in [3.63, 3.8) is 0 Å². The van der Waals surface area contributed by atoms with Gasteiger partial charge >= 0.3 is 0 Å². The molecule has 2 heteroatoms. The predicted molar refractivity (Wildman–Crippen MR) is 84.2 cm³/mol. The lowest BCUT2D eigenvalue weighted by molar-refractivity contribution is -0.130. The van der Waals surface area contributed by atoms with Crippen LogP contribution in [0.5, 0.6) is 0 Å². The first kappa shape index (κ1) is 17.9. The molecule has 19 heavy (non-hydrogen) atoms. The van der Waals surface area contributed by atoms with E-state index in [4.69, 9.17) is 0 Å². The van der Waals surface area contributed by atoms with Crippen LogP contribution in [0.2, 0.25) is 0 Å². The van der Waals surface area contributed by atoms with Crippen molar-refractivity contribution in [2.24, 2.45) is 0 Å². The van der Waals surface area contributed by atoms with E-state index in [0.29, 0.717) is 19.5 Å². The molecule has 0 heterocycles. The second-order valence-electron chi connectivity index (χ2n) is 5.10. The minimum Gasteiger partial charge on any atom is -0.335 e. The molecule has 0 aromatic rings. The Hall–Kier alpha value is -1.05. The second kappa shape index (κ2) is 13.4. The van der Waals surface area contributed by atoms with Crippen molar-refractivity contribution in [1.29, 1.82) is 0 Å². The van der Waals surface area contributed by atoms with Gasteiger partial charge in [-0.25, -0.2) is 0 Å². The molecule has 1 amide bonds. The van der Waals surface area contributed by atoms with Crippen molar-refractivity contribution < 1.29 is 4.79 Å². The topological polar surface area (TPSA) is 20.3 Å². The molecule has 0 radical (unpaired) electrons. The average Bonchev–Trinajstić information content (AvgIpc) is 2.41. The third kappa shape index (κ3) is 10.5. The highest BCUT2D eigenvalue weighted by Gasteiger charge is 2.09. The summed E-state index contributed by atoms with van der Waals surface area (Å²) in [5.41, 5.74) is 0. The van der Waals surface area contributed by atoms with Gasteiger partial charge in [0.1, 0.15) is 0 Å². The predicted octanol–water partition coefficient (Wildman–Crippen LogP) is 4.72. The number of hydrogen-bond acceptors (Lipinski definition) is 1. The molecule has 0 saturated heterocycles. The summed E-state index contributed by atoms with van der Waals surface area (Å²) in [7, 11) is 0. The standard InChI is InChI=1S/C17H31NO/c1-4-7-8-9-10-11-12-13-14-17(19)18(15-5-2)16-6-3/h5-6H,2-4,7-16H2,1H3. The molecule has 0 atom stereocenters. The third-order valence-corrected chi connectivity index (χ3v) is 3.30. The Balaban J connectivity index is 3.55. The molecular formula is C17H31NO. The van der Waals surface area contributed by atoms with Gasteiger partial charge in [-0.3, -0.25) is 4.79 Å². The van der Waals surface area contributed by atoms with Crippen LogP contribution < -0.4 is 0 Å². The number of amides is 1. The Morgan fingerprint density at radius 2 is 1.37 bits per heavy atom. The lowest BCUT2D eigenvalue weighted by Gasteiger charge is -2.19. The minimum atomic E-state index is 0.228. The Bertz CT molecular complexity index is 238. The molecule has 0 aliphatic heterocycles. The zero-order chi connectivity index (χ0) is 14.3. The van der Waals surface area contributed by atoms with Crippen molar-refractivity contribution in [2.45, 2.75) is 64.7 Å². The molecule has 0 fully saturated rings. The van der Waals surface area contributed by atoms with Crippen LogP contribution in [-0.2, 0) is 4.79 Å². The van der Waals surface area contributed by atoms with Gasteiger partial charge in [0.2, 0.25) is 5.91 Å². The fraction of sp³-hybridized carbons (Fsp3) is 0.706. The maximum Gasteiger partial charge on any atom is 0.223 e. The molecule has 110 valence electrons. The highest BCUT2D eigenvalue weighted by Crippen LogP contribution is 2.10. The molecule has 0 bridgehead atoms. The fourth-order valence-electron chi connectivity index (χ4n) is 2.16. The highest BCUT2D eigenvalue weighted by molar-refractivity contribution is 5.76. The van der Waals surface area contributed by atoms with Crippen LogP contribution in [0.3, 0.4) is 0 Å². The fourth-order valence-corrected chi connectivity index (χ4v) is 2.16. The molecule has 0 rings (SSSR count). The molecule has 0 aliphatic carbocycles. The maximum absolute atomic E-state index is 11.9. The summed E-state index contributed by atoms with van der Waals surface area (Å²) in [6.07, 6.45) is 14.3. The van der Waals surface area contributed by atoms with Crippen molar-refractivity contribution in [3.8, 4) is 0 Å². The Kier molecular flexibility index (Phi) is 12.6. The van der Waals surface area contributed by atoms with E-state index < -0.39 is 0 Å². The smallest absolute Gasteiger partial charge is 0.223 e. The van der Waals surface area contributed by atoms with Crippen LogP contribution in [0, 0.1) is 0 Å². The highest BCUT2D eigenvalue weighted by atomic mass is 16.2. The van der Waals surface area contributed by atoms with E-state index >= 15 is 0 Å². The first-order valence-corrected chi connectivity index (χ1v) is 7.75. The molecule has 0 N–H and O–H groups in total. The van der Waals surface area contributed by atoms with E-state index in [1.807, 2.05) is 0 Å². The molecule has 0 aromatic carbocycles. The van der Waals surface area contributed by atoms with Gasteiger partial charge in [0, 0.05) is 19.5 Å². The largest absolute Gasteiger partial charge is 0.335 e. The van der Waals surface area contributed by atoms with E-state index in [-0.39, 0.29) is 5.91 Å². The number of nitrogens with zero attached hydrogens (tertiary/aromatic N) is 1. The Morgan fingerprint density at radius 3 is 1.84 bits per heavy atom. The number of hydrogen-bond donors (Lipinski definition) is 0. The molecule has 0 aliphatic rings. The van der Waals surface area contributed by atoms with Crippen LogP contribution in [-0.4, -0.2) is 23.9 Å². The third-order valence-electron chi connectivity index (χ3n) is 3.30. The first-order valence-electron chi connectivity index (χ1n) is 7.75. The molecule has 0 aromatic heterocycles. The van der Waals surface area contributed by atoms with Crippen LogP contribution in [0.15, 0.2) is 25.3 Å². The molecular weight excluding hydrogens is 234 g/mol. The minimum absolute atomic E-state index is 0.228. The van der Waals surface area contributed by atoms with Crippen LogP contribution in [0.25, 0.3) is 0 Å². The van der Waals surface area contributed by atoms with Gasteiger partial charge in [-0.05, 0) is 6.42 Å². The first-order chi connectivity index (χ1) is 9.26. The zero-order valence-corrected chi connectivity index (χ0v) is 12.7. The molecule has 0 saturated carbocycles. The number of carbonyl (C=O) groups is 1. The summed E-state index contributed by atoms with van der Waals surface area (Å²) in [6, 6.07) is 0. The Labute approximate surface area is 119 Å². The maximum atomic E-state index is 11.9. The number of rotatable bonds is 13. The van der Waals surface area contributed by atoms with Gasteiger partial charge in [0.25, 0.3) is 0 Å². The van der Waals surface area contributed by atoms with Gasteiger partial charge in [-0.15, -0.1) is 13.2 Å². The van der Waals surface area contributed by atoms with Gasteiger partial charge in [0.15, 0.2) is 0 Å². The normalized spacial score (nSPS) is 10.2. The van der Waals surface area contributed by atoms with Crippen molar-refractivity contribution in [1.82, 2.24) is 4.90 Å². The van der Waals surface area contributed by atoms with E-state index in [1.54, 1.807) is 17.1 Å². The molecule has 0 unspecified atom stereocenters. The van der Waals surface area contributed by atoms with Gasteiger partial charge in [0.05, 0.1) is 0 Å². The average molecular weight is 265 g/mol. The lowest BCUT2D eigenvalue weighted by atomic mass is 10.1. The van der Waals surface area contributed by atoms with Crippen LogP contribution in [0.1, 0.15) is 64.7 Å². The van der Waals surface area contributed by atoms with Gasteiger partial charge < -0.3 is 4.90 Å². The molecule has 2 nitrogen and oxygen atoms in total. The quantitative estimate of drug-likeness (QED) is 0.348.